The van der Waals surface area contributed by atoms with Crippen LogP contribution < -0.4 is 15.4 Å². The average Bonchev–Trinajstić information content (AvgIpc) is 3.12. The smallest absolute Gasteiger partial charge is 0.191 e. The molecular formula is C20H27IN6O. The Morgan fingerprint density at radius 3 is 2.75 bits per heavy atom. The third kappa shape index (κ3) is 5.82. The molecule has 0 fully saturated rings. The fourth-order valence-electron chi connectivity index (χ4n) is 2.86. The monoisotopic (exact) mass is 494 g/mol. The lowest BCUT2D eigenvalue weighted by Crippen LogP contribution is -2.37. The lowest BCUT2D eigenvalue weighted by Gasteiger charge is -2.14. The van der Waals surface area contributed by atoms with Gasteiger partial charge in [-0.1, -0.05) is 24.3 Å². The maximum atomic E-state index is 5.66. The molecule has 0 aliphatic rings. The van der Waals surface area contributed by atoms with Crippen LogP contribution in [0, 0.1) is 0 Å². The molecule has 150 valence electrons. The van der Waals surface area contributed by atoms with Gasteiger partial charge in [0.15, 0.2) is 11.6 Å². The fourth-order valence-corrected chi connectivity index (χ4v) is 2.86. The summed E-state index contributed by atoms with van der Waals surface area (Å²) >= 11 is 0. The molecule has 0 unspecified atom stereocenters. The summed E-state index contributed by atoms with van der Waals surface area (Å²) in [7, 11) is 1.77. The number of pyridine rings is 1. The van der Waals surface area contributed by atoms with Gasteiger partial charge in [-0.05, 0) is 31.5 Å². The van der Waals surface area contributed by atoms with Crippen molar-refractivity contribution in [2.24, 2.45) is 4.99 Å². The van der Waals surface area contributed by atoms with E-state index >= 15 is 0 Å². The van der Waals surface area contributed by atoms with Gasteiger partial charge < -0.3 is 15.4 Å². The SMILES string of the molecule is CCOc1ccccc1CNC(=NC)NCCCc1nnc2ccccn12.I. The molecule has 7 nitrogen and oxygen atoms in total. The second kappa shape index (κ2) is 11.5. The van der Waals surface area contributed by atoms with Crippen LogP contribution >= 0.6 is 24.0 Å². The van der Waals surface area contributed by atoms with Crippen LogP contribution in [0.2, 0.25) is 0 Å². The maximum Gasteiger partial charge on any atom is 0.191 e. The van der Waals surface area contributed by atoms with Crippen molar-refractivity contribution in [3.63, 3.8) is 0 Å². The maximum absolute atomic E-state index is 5.66. The van der Waals surface area contributed by atoms with Crippen molar-refractivity contribution in [2.75, 3.05) is 20.2 Å². The molecule has 0 spiro atoms. The number of hydrogen-bond donors (Lipinski definition) is 2. The van der Waals surface area contributed by atoms with E-state index < -0.39 is 0 Å². The van der Waals surface area contributed by atoms with E-state index in [0.29, 0.717) is 13.2 Å². The Morgan fingerprint density at radius 2 is 1.93 bits per heavy atom. The minimum absolute atomic E-state index is 0. The zero-order valence-electron chi connectivity index (χ0n) is 16.3. The van der Waals surface area contributed by atoms with Crippen LogP contribution in [-0.2, 0) is 13.0 Å². The Bertz CT molecular complexity index is 895. The van der Waals surface area contributed by atoms with Crippen molar-refractivity contribution in [1.29, 1.82) is 0 Å². The predicted molar refractivity (Wildman–Crippen MR) is 123 cm³/mol. The molecule has 0 bridgehead atoms. The molecule has 28 heavy (non-hydrogen) atoms. The van der Waals surface area contributed by atoms with Gasteiger partial charge in [0.1, 0.15) is 11.6 Å². The average molecular weight is 494 g/mol. The molecule has 3 rings (SSSR count). The summed E-state index contributed by atoms with van der Waals surface area (Å²) in [5.41, 5.74) is 1.99. The molecule has 2 aromatic heterocycles. The molecule has 2 N–H and O–H groups in total. The second-order valence-electron chi connectivity index (χ2n) is 6.04. The van der Waals surface area contributed by atoms with Crippen LogP contribution in [0.25, 0.3) is 5.65 Å². The van der Waals surface area contributed by atoms with E-state index in [1.807, 2.05) is 53.9 Å². The number of aryl methyl sites for hydroxylation is 1. The van der Waals surface area contributed by atoms with Gasteiger partial charge in [-0.25, -0.2) is 0 Å². The fraction of sp³-hybridized carbons (Fsp3) is 0.350. The summed E-state index contributed by atoms with van der Waals surface area (Å²) < 4.78 is 7.69. The van der Waals surface area contributed by atoms with Crippen LogP contribution in [0.4, 0.5) is 0 Å². The molecule has 0 amide bonds. The molecule has 1 aromatic carbocycles. The summed E-state index contributed by atoms with van der Waals surface area (Å²) in [6, 6.07) is 14.0. The van der Waals surface area contributed by atoms with Crippen LogP contribution in [0.5, 0.6) is 5.75 Å². The van der Waals surface area contributed by atoms with Gasteiger partial charge in [-0.15, -0.1) is 34.2 Å². The highest BCUT2D eigenvalue weighted by Gasteiger charge is 2.06. The number of nitrogens with zero attached hydrogens (tertiary/aromatic N) is 4. The summed E-state index contributed by atoms with van der Waals surface area (Å²) in [4.78, 5) is 4.28. The zero-order valence-corrected chi connectivity index (χ0v) is 18.6. The number of benzene rings is 1. The molecule has 0 atom stereocenters. The lowest BCUT2D eigenvalue weighted by atomic mass is 10.2. The molecule has 0 aliphatic carbocycles. The predicted octanol–water partition coefficient (Wildman–Crippen LogP) is 3.04. The molecule has 0 saturated heterocycles. The summed E-state index contributed by atoms with van der Waals surface area (Å²) in [5, 5.41) is 15.1. The van der Waals surface area contributed by atoms with E-state index in [-0.39, 0.29) is 24.0 Å². The highest BCUT2D eigenvalue weighted by Crippen LogP contribution is 2.17. The number of aliphatic imine (C=N–C) groups is 1. The van der Waals surface area contributed by atoms with Gasteiger partial charge in [0.25, 0.3) is 0 Å². The van der Waals surface area contributed by atoms with Crippen molar-refractivity contribution in [2.45, 2.75) is 26.3 Å². The van der Waals surface area contributed by atoms with Gasteiger partial charge in [0.05, 0.1) is 6.61 Å². The molecule has 0 radical (unpaired) electrons. The minimum atomic E-state index is 0. The van der Waals surface area contributed by atoms with Gasteiger partial charge >= 0.3 is 0 Å². The van der Waals surface area contributed by atoms with Gasteiger partial charge in [0.2, 0.25) is 0 Å². The number of para-hydroxylation sites is 1. The topological polar surface area (TPSA) is 75.8 Å². The summed E-state index contributed by atoms with van der Waals surface area (Å²) in [5.74, 6) is 2.65. The van der Waals surface area contributed by atoms with Crippen LogP contribution in [0.3, 0.4) is 0 Å². The highest BCUT2D eigenvalue weighted by atomic mass is 127. The number of rotatable bonds is 8. The van der Waals surface area contributed by atoms with E-state index in [4.69, 9.17) is 4.74 Å². The summed E-state index contributed by atoms with van der Waals surface area (Å²) in [6.07, 6.45) is 3.78. The normalized spacial score (nSPS) is 11.1. The number of nitrogens with one attached hydrogen (secondary N) is 2. The largest absolute Gasteiger partial charge is 0.494 e. The Labute approximate surface area is 182 Å². The first-order valence-electron chi connectivity index (χ1n) is 9.25. The van der Waals surface area contributed by atoms with Crippen molar-refractivity contribution in [3.8, 4) is 5.75 Å². The van der Waals surface area contributed by atoms with E-state index in [9.17, 15) is 0 Å². The number of aromatic nitrogens is 3. The van der Waals surface area contributed by atoms with E-state index in [2.05, 4.69) is 31.9 Å². The summed E-state index contributed by atoms with van der Waals surface area (Å²) in [6.45, 7) is 4.10. The quantitative estimate of drug-likeness (QED) is 0.218. The van der Waals surface area contributed by atoms with Crippen LogP contribution in [0.15, 0.2) is 53.7 Å². The molecule has 3 aromatic rings. The third-order valence-electron chi connectivity index (χ3n) is 4.20. The standard InChI is InChI=1S/C20H26N6O.HI/c1-3-27-17-10-5-4-9-16(17)15-23-20(21-2)22-13-8-12-19-25-24-18-11-6-7-14-26(18)19;/h4-7,9-11,14H,3,8,12-13,15H2,1-2H3,(H2,21,22,23);1H. The number of fused-ring (bicyclic) bond motifs is 1. The molecule has 2 heterocycles. The first-order valence-corrected chi connectivity index (χ1v) is 9.25. The van der Waals surface area contributed by atoms with Crippen molar-refractivity contribution < 1.29 is 4.74 Å². The Balaban J connectivity index is 0.00000280. The first kappa shape index (κ1) is 21.9. The highest BCUT2D eigenvalue weighted by molar-refractivity contribution is 14.0. The van der Waals surface area contributed by atoms with E-state index in [1.165, 1.54) is 0 Å². The van der Waals surface area contributed by atoms with E-state index in [1.54, 1.807) is 7.05 Å². The molecule has 0 aliphatic heterocycles. The lowest BCUT2D eigenvalue weighted by molar-refractivity contribution is 0.336. The Morgan fingerprint density at radius 1 is 1.11 bits per heavy atom. The Hall–Kier alpha value is -2.36. The Kier molecular flexibility index (Phi) is 8.99. The van der Waals surface area contributed by atoms with Gasteiger partial charge in [-0.3, -0.25) is 9.39 Å². The van der Waals surface area contributed by atoms with Crippen LogP contribution in [-0.4, -0.2) is 40.8 Å². The second-order valence-corrected chi connectivity index (χ2v) is 6.04. The third-order valence-corrected chi connectivity index (χ3v) is 4.20. The van der Waals surface area contributed by atoms with Crippen molar-refractivity contribution in [1.82, 2.24) is 25.2 Å². The minimum Gasteiger partial charge on any atom is -0.494 e. The molecule has 0 saturated carbocycles. The zero-order chi connectivity index (χ0) is 18.9. The first-order chi connectivity index (χ1) is 13.3. The number of halogens is 1. The van der Waals surface area contributed by atoms with Crippen molar-refractivity contribution >= 4 is 35.6 Å². The number of hydrogen-bond acceptors (Lipinski definition) is 4. The number of guanidine groups is 1. The van der Waals surface area contributed by atoms with Gasteiger partial charge in [-0.2, -0.15) is 0 Å². The van der Waals surface area contributed by atoms with Crippen molar-refractivity contribution in [3.05, 3.63) is 60.0 Å². The van der Waals surface area contributed by atoms with E-state index in [0.717, 1.165) is 48.1 Å². The van der Waals surface area contributed by atoms with Crippen LogP contribution in [0.1, 0.15) is 24.7 Å². The molecule has 8 heteroatoms. The molecular weight excluding hydrogens is 467 g/mol. The number of ether oxygens (including phenoxy) is 1. The van der Waals surface area contributed by atoms with Gasteiger partial charge in [0, 0.05) is 38.3 Å².